The SMILES string of the molecule is CCN(CC)CCCNC(=NC)N1CC(C)(C)C1(C)C.I. The second-order valence-corrected chi connectivity index (χ2v) is 6.88. The summed E-state index contributed by atoms with van der Waals surface area (Å²) in [5, 5.41) is 3.52. The van der Waals surface area contributed by atoms with Crippen molar-refractivity contribution in [3.05, 3.63) is 0 Å². The second-order valence-electron chi connectivity index (χ2n) is 6.88. The van der Waals surface area contributed by atoms with E-state index >= 15 is 0 Å². The summed E-state index contributed by atoms with van der Waals surface area (Å²) in [6.07, 6.45) is 1.17. The zero-order valence-corrected chi connectivity index (χ0v) is 17.3. The van der Waals surface area contributed by atoms with E-state index < -0.39 is 0 Å². The van der Waals surface area contributed by atoms with Gasteiger partial charge in [-0.1, -0.05) is 27.7 Å². The van der Waals surface area contributed by atoms with Crippen LogP contribution in [0, 0.1) is 5.41 Å². The number of hydrogen-bond acceptors (Lipinski definition) is 2. The summed E-state index contributed by atoms with van der Waals surface area (Å²) in [5.41, 5.74) is 0.527. The maximum atomic E-state index is 4.45. The van der Waals surface area contributed by atoms with Gasteiger partial charge in [0.05, 0.1) is 0 Å². The fourth-order valence-corrected chi connectivity index (χ4v) is 2.74. The molecule has 0 unspecified atom stereocenters. The van der Waals surface area contributed by atoms with E-state index in [9.17, 15) is 0 Å². The van der Waals surface area contributed by atoms with Crippen LogP contribution < -0.4 is 5.32 Å². The van der Waals surface area contributed by atoms with Gasteiger partial charge in [-0.05, 0) is 39.9 Å². The molecule has 0 aromatic heterocycles. The monoisotopic (exact) mass is 410 g/mol. The number of halogens is 1. The molecular formula is C16H35IN4. The zero-order valence-electron chi connectivity index (χ0n) is 15.0. The second kappa shape index (κ2) is 8.56. The van der Waals surface area contributed by atoms with Crippen LogP contribution in [0.5, 0.6) is 0 Å². The quantitative estimate of drug-likeness (QED) is 0.316. The molecule has 126 valence electrons. The Morgan fingerprint density at radius 2 is 1.76 bits per heavy atom. The molecule has 1 rings (SSSR count). The Bertz CT molecular complexity index is 335. The topological polar surface area (TPSA) is 30.9 Å². The molecule has 0 atom stereocenters. The third-order valence-electron chi connectivity index (χ3n) is 5.18. The highest BCUT2D eigenvalue weighted by Crippen LogP contribution is 2.46. The van der Waals surface area contributed by atoms with E-state index in [2.05, 4.69) is 61.7 Å². The summed E-state index contributed by atoms with van der Waals surface area (Å²) in [5.74, 6) is 1.05. The van der Waals surface area contributed by atoms with E-state index in [1.165, 1.54) is 6.42 Å². The van der Waals surface area contributed by atoms with Gasteiger partial charge in [0.25, 0.3) is 0 Å². The van der Waals surface area contributed by atoms with Crippen molar-refractivity contribution in [1.29, 1.82) is 0 Å². The maximum absolute atomic E-state index is 4.45. The van der Waals surface area contributed by atoms with Gasteiger partial charge < -0.3 is 15.1 Å². The van der Waals surface area contributed by atoms with Crippen molar-refractivity contribution in [2.75, 3.05) is 39.8 Å². The smallest absolute Gasteiger partial charge is 0.194 e. The Morgan fingerprint density at radius 3 is 2.14 bits per heavy atom. The largest absolute Gasteiger partial charge is 0.356 e. The van der Waals surface area contributed by atoms with Crippen LogP contribution in [0.25, 0.3) is 0 Å². The highest BCUT2D eigenvalue weighted by atomic mass is 127. The summed E-state index contributed by atoms with van der Waals surface area (Å²) in [4.78, 5) is 9.30. The van der Waals surface area contributed by atoms with Gasteiger partial charge in [0.1, 0.15) is 0 Å². The third-order valence-corrected chi connectivity index (χ3v) is 5.18. The van der Waals surface area contributed by atoms with Gasteiger partial charge in [-0.15, -0.1) is 24.0 Å². The van der Waals surface area contributed by atoms with Crippen molar-refractivity contribution in [3.63, 3.8) is 0 Å². The van der Waals surface area contributed by atoms with Gasteiger partial charge in [-0.25, -0.2) is 0 Å². The molecule has 0 spiro atoms. The third kappa shape index (κ3) is 4.71. The first kappa shape index (κ1) is 21.0. The van der Waals surface area contributed by atoms with Gasteiger partial charge in [0, 0.05) is 31.1 Å². The van der Waals surface area contributed by atoms with Crippen LogP contribution in [0.15, 0.2) is 4.99 Å². The normalized spacial score (nSPS) is 20.0. The van der Waals surface area contributed by atoms with Crippen LogP contribution in [-0.2, 0) is 0 Å². The zero-order chi connectivity index (χ0) is 15.4. The summed E-state index contributed by atoms with van der Waals surface area (Å²) in [7, 11) is 1.88. The average molecular weight is 410 g/mol. The Labute approximate surface area is 148 Å². The molecule has 1 aliphatic heterocycles. The van der Waals surface area contributed by atoms with Gasteiger partial charge in [0.2, 0.25) is 0 Å². The van der Waals surface area contributed by atoms with Crippen LogP contribution in [0.1, 0.15) is 48.0 Å². The highest BCUT2D eigenvalue weighted by Gasteiger charge is 2.53. The predicted octanol–water partition coefficient (Wildman–Crippen LogP) is 3.03. The Balaban J connectivity index is 0.00000400. The predicted molar refractivity (Wildman–Crippen MR) is 104 cm³/mol. The van der Waals surface area contributed by atoms with E-state index in [4.69, 9.17) is 0 Å². The van der Waals surface area contributed by atoms with Crippen LogP contribution >= 0.6 is 24.0 Å². The van der Waals surface area contributed by atoms with Crippen molar-refractivity contribution in [3.8, 4) is 0 Å². The number of nitrogens with zero attached hydrogens (tertiary/aromatic N) is 3. The summed E-state index contributed by atoms with van der Waals surface area (Å²) in [6.45, 7) is 19.2. The van der Waals surface area contributed by atoms with Crippen LogP contribution in [0.3, 0.4) is 0 Å². The van der Waals surface area contributed by atoms with Crippen molar-refractivity contribution in [1.82, 2.24) is 15.1 Å². The molecular weight excluding hydrogens is 375 g/mol. The molecule has 0 bridgehead atoms. The van der Waals surface area contributed by atoms with Crippen molar-refractivity contribution in [2.45, 2.75) is 53.5 Å². The molecule has 0 radical (unpaired) electrons. The van der Waals surface area contributed by atoms with Gasteiger partial charge in [-0.2, -0.15) is 0 Å². The fourth-order valence-electron chi connectivity index (χ4n) is 2.74. The van der Waals surface area contributed by atoms with Gasteiger partial charge in [0.15, 0.2) is 5.96 Å². The molecule has 1 aliphatic rings. The number of hydrogen-bond donors (Lipinski definition) is 1. The molecule has 0 aromatic carbocycles. The summed E-state index contributed by atoms with van der Waals surface area (Å²) in [6, 6.07) is 0. The fraction of sp³-hybridized carbons (Fsp3) is 0.938. The lowest BCUT2D eigenvalue weighted by molar-refractivity contribution is -0.0667. The standard InChI is InChI=1S/C16H34N4.HI/c1-8-19(9-2)12-10-11-18-14(17-7)20-13-15(3,4)16(20,5)6;/h8-13H2,1-7H3,(H,17,18);1H. The minimum absolute atomic E-state index is 0. The minimum atomic E-state index is 0. The minimum Gasteiger partial charge on any atom is -0.356 e. The molecule has 0 amide bonds. The van der Waals surface area contributed by atoms with E-state index in [0.717, 1.165) is 38.7 Å². The molecule has 1 N–H and O–H groups in total. The molecule has 4 nitrogen and oxygen atoms in total. The van der Waals surface area contributed by atoms with Crippen molar-refractivity contribution >= 4 is 29.9 Å². The van der Waals surface area contributed by atoms with E-state index in [0.29, 0.717) is 5.41 Å². The van der Waals surface area contributed by atoms with Crippen LogP contribution in [0.4, 0.5) is 0 Å². The van der Waals surface area contributed by atoms with E-state index in [1.54, 1.807) is 0 Å². The molecule has 0 aromatic rings. The lowest BCUT2D eigenvalue weighted by atomic mass is 9.65. The lowest BCUT2D eigenvalue weighted by Gasteiger charge is -2.62. The van der Waals surface area contributed by atoms with Crippen LogP contribution in [0.2, 0.25) is 0 Å². The Hall–Kier alpha value is -0.0400. The van der Waals surface area contributed by atoms with Gasteiger partial charge in [-0.3, -0.25) is 4.99 Å². The summed E-state index contributed by atoms with van der Waals surface area (Å²) >= 11 is 0. The molecule has 0 aliphatic carbocycles. The number of guanidine groups is 1. The molecule has 5 heteroatoms. The highest BCUT2D eigenvalue weighted by molar-refractivity contribution is 14.0. The van der Waals surface area contributed by atoms with Crippen molar-refractivity contribution in [2.24, 2.45) is 10.4 Å². The molecule has 21 heavy (non-hydrogen) atoms. The van der Waals surface area contributed by atoms with Crippen LogP contribution in [-0.4, -0.2) is 61.1 Å². The molecule has 1 fully saturated rings. The molecule has 1 heterocycles. The Morgan fingerprint density at radius 1 is 1.19 bits per heavy atom. The lowest BCUT2D eigenvalue weighted by Crippen LogP contribution is -2.72. The van der Waals surface area contributed by atoms with Gasteiger partial charge >= 0.3 is 0 Å². The number of aliphatic imine (C=N–C) groups is 1. The average Bonchev–Trinajstić information content (AvgIpc) is 2.41. The first-order chi connectivity index (χ1) is 9.30. The maximum Gasteiger partial charge on any atom is 0.194 e. The molecule has 0 saturated carbocycles. The number of rotatable bonds is 6. The first-order valence-electron chi connectivity index (χ1n) is 8.00. The van der Waals surface area contributed by atoms with E-state index in [-0.39, 0.29) is 29.5 Å². The van der Waals surface area contributed by atoms with Crippen molar-refractivity contribution < 1.29 is 0 Å². The molecule has 1 saturated heterocycles. The van der Waals surface area contributed by atoms with E-state index in [1.807, 2.05) is 7.05 Å². The summed E-state index contributed by atoms with van der Waals surface area (Å²) < 4.78 is 0. The Kier molecular flexibility index (Phi) is 8.54. The first-order valence-corrected chi connectivity index (χ1v) is 8.00. The number of nitrogens with one attached hydrogen (secondary N) is 1. The number of likely N-dealkylation sites (tertiary alicyclic amines) is 1.